The second kappa shape index (κ2) is 9.82. The first kappa shape index (κ1) is 20.7. The molecule has 0 fully saturated rings. The highest BCUT2D eigenvalue weighted by Crippen LogP contribution is 2.27. The van der Waals surface area contributed by atoms with Gasteiger partial charge in [-0.25, -0.2) is 0 Å². The molecule has 1 aromatic rings. The number of aliphatic hydroxyl groups excluding tert-OH is 2. The molecule has 1 atom stereocenters. The molecule has 3 nitrogen and oxygen atoms in total. The lowest BCUT2D eigenvalue weighted by atomic mass is 9.90. The Labute approximate surface area is 153 Å². The van der Waals surface area contributed by atoms with Crippen molar-refractivity contribution in [3.8, 4) is 5.75 Å². The van der Waals surface area contributed by atoms with Crippen LogP contribution in [0, 0.1) is 5.92 Å². The Kier molecular flexibility index (Phi) is 8.46. The van der Waals surface area contributed by atoms with Gasteiger partial charge in [-0.15, -0.1) is 0 Å². The first-order valence-electron chi connectivity index (χ1n) is 8.10. The lowest BCUT2D eigenvalue weighted by molar-refractivity contribution is 0.199. The number of phenols is 1. The van der Waals surface area contributed by atoms with E-state index >= 15 is 0 Å². The quantitative estimate of drug-likeness (QED) is 0.553. The van der Waals surface area contributed by atoms with Crippen LogP contribution < -0.4 is 0 Å². The Morgan fingerprint density at radius 1 is 1.33 bits per heavy atom. The van der Waals surface area contributed by atoms with Gasteiger partial charge in [0.1, 0.15) is 5.75 Å². The number of hydrogen-bond donors (Lipinski definition) is 3. The zero-order valence-corrected chi connectivity index (χ0v) is 16.2. The fourth-order valence-corrected chi connectivity index (χ4v) is 2.79. The van der Waals surface area contributed by atoms with E-state index in [-0.39, 0.29) is 18.3 Å². The summed E-state index contributed by atoms with van der Waals surface area (Å²) < 4.78 is 0.904. The number of rotatable bonds is 8. The van der Waals surface area contributed by atoms with Crippen LogP contribution in [0.5, 0.6) is 5.75 Å². The molecular weight excluding hydrogens is 368 g/mol. The molecule has 4 heteroatoms. The zero-order chi connectivity index (χ0) is 18.3. The molecule has 0 aliphatic rings. The number of benzene rings is 1. The van der Waals surface area contributed by atoms with E-state index < -0.39 is 6.10 Å². The van der Waals surface area contributed by atoms with Gasteiger partial charge in [0.25, 0.3) is 0 Å². The summed E-state index contributed by atoms with van der Waals surface area (Å²) in [6.45, 7) is 9.91. The van der Waals surface area contributed by atoms with E-state index in [1.54, 1.807) is 18.2 Å². The van der Waals surface area contributed by atoms with Crippen molar-refractivity contribution in [3.63, 3.8) is 0 Å². The Balaban J connectivity index is 2.79. The van der Waals surface area contributed by atoms with Crippen LogP contribution in [0.2, 0.25) is 0 Å². The van der Waals surface area contributed by atoms with Gasteiger partial charge in [-0.1, -0.05) is 54.1 Å². The normalized spacial score (nSPS) is 14.1. The van der Waals surface area contributed by atoms with E-state index in [2.05, 4.69) is 22.5 Å². The fraction of sp³-hybridized carbons (Fsp3) is 0.400. The number of hydrogen-bond acceptors (Lipinski definition) is 3. The number of allylic oxidation sites excluding steroid dienone is 1. The third kappa shape index (κ3) is 6.27. The summed E-state index contributed by atoms with van der Waals surface area (Å²) >= 11 is 3.39. The number of phenolic OH excluding ortho intramolecular Hbond substituents is 1. The predicted octanol–water partition coefficient (Wildman–Crippen LogP) is 4.83. The van der Waals surface area contributed by atoms with E-state index in [1.807, 2.05) is 32.9 Å². The molecule has 1 unspecified atom stereocenters. The molecule has 0 heterocycles. The SMILES string of the molecule is C=C(/C(=C/CO)C(O)CC/C(C)=C/c1cc(Br)ccc1O)C(C)C. The van der Waals surface area contributed by atoms with Crippen LogP contribution in [-0.2, 0) is 0 Å². The van der Waals surface area contributed by atoms with Crippen LogP contribution >= 0.6 is 15.9 Å². The molecule has 0 amide bonds. The minimum Gasteiger partial charge on any atom is -0.507 e. The van der Waals surface area contributed by atoms with Gasteiger partial charge in [0.05, 0.1) is 12.7 Å². The summed E-state index contributed by atoms with van der Waals surface area (Å²) in [5.74, 6) is 0.444. The molecule has 24 heavy (non-hydrogen) atoms. The van der Waals surface area contributed by atoms with Gasteiger partial charge in [0, 0.05) is 10.0 Å². The first-order valence-corrected chi connectivity index (χ1v) is 8.89. The van der Waals surface area contributed by atoms with Crippen molar-refractivity contribution in [1.82, 2.24) is 0 Å². The summed E-state index contributed by atoms with van der Waals surface area (Å²) in [6, 6.07) is 5.29. The second-order valence-electron chi connectivity index (χ2n) is 6.27. The minimum absolute atomic E-state index is 0.112. The molecule has 0 saturated heterocycles. The largest absolute Gasteiger partial charge is 0.507 e. The molecule has 0 radical (unpaired) electrons. The minimum atomic E-state index is -0.661. The fourth-order valence-electron chi connectivity index (χ4n) is 2.41. The van der Waals surface area contributed by atoms with E-state index in [0.717, 1.165) is 21.2 Å². The smallest absolute Gasteiger partial charge is 0.122 e. The van der Waals surface area contributed by atoms with Gasteiger partial charge in [0.2, 0.25) is 0 Å². The summed E-state index contributed by atoms with van der Waals surface area (Å²) in [7, 11) is 0. The Morgan fingerprint density at radius 2 is 2.00 bits per heavy atom. The van der Waals surface area contributed by atoms with Crippen LogP contribution in [-0.4, -0.2) is 28.0 Å². The average molecular weight is 395 g/mol. The molecule has 1 rings (SSSR count). The van der Waals surface area contributed by atoms with Gasteiger partial charge in [-0.2, -0.15) is 0 Å². The van der Waals surface area contributed by atoms with E-state index in [9.17, 15) is 15.3 Å². The standard InChI is InChI=1S/C20H27BrO3/c1-13(2)15(4)18(9-10-22)20(24)7-5-14(3)11-16-12-17(21)6-8-19(16)23/h6,8-9,11-13,20,22-24H,4-5,7,10H2,1-3H3/b14-11+,18-9-. The van der Waals surface area contributed by atoms with Gasteiger partial charge in [0.15, 0.2) is 0 Å². The van der Waals surface area contributed by atoms with E-state index in [4.69, 9.17) is 0 Å². The maximum Gasteiger partial charge on any atom is 0.122 e. The van der Waals surface area contributed by atoms with Crippen molar-refractivity contribution in [2.24, 2.45) is 5.92 Å². The van der Waals surface area contributed by atoms with Crippen molar-refractivity contribution in [1.29, 1.82) is 0 Å². The molecule has 0 aliphatic heterocycles. The highest BCUT2D eigenvalue weighted by Gasteiger charge is 2.16. The third-order valence-electron chi connectivity index (χ3n) is 3.94. The monoisotopic (exact) mass is 394 g/mol. The summed E-state index contributed by atoms with van der Waals surface area (Å²) in [5.41, 5.74) is 3.36. The maximum atomic E-state index is 10.4. The molecule has 0 aromatic heterocycles. The highest BCUT2D eigenvalue weighted by molar-refractivity contribution is 9.10. The van der Waals surface area contributed by atoms with Gasteiger partial charge < -0.3 is 15.3 Å². The molecule has 0 bridgehead atoms. The van der Waals surface area contributed by atoms with Gasteiger partial charge in [-0.05, 0) is 55.0 Å². The van der Waals surface area contributed by atoms with Crippen LogP contribution in [0.3, 0.4) is 0 Å². The topological polar surface area (TPSA) is 60.7 Å². The molecule has 0 aliphatic carbocycles. The Bertz CT molecular complexity index is 630. The average Bonchev–Trinajstić information content (AvgIpc) is 2.53. The summed E-state index contributed by atoms with van der Waals surface area (Å²) in [6.07, 6.45) is 4.10. The molecule has 3 N–H and O–H groups in total. The van der Waals surface area contributed by atoms with Crippen molar-refractivity contribution in [2.45, 2.75) is 39.7 Å². The third-order valence-corrected chi connectivity index (χ3v) is 4.43. The van der Waals surface area contributed by atoms with Crippen molar-refractivity contribution >= 4 is 22.0 Å². The van der Waals surface area contributed by atoms with E-state index in [0.29, 0.717) is 18.4 Å². The van der Waals surface area contributed by atoms with Crippen molar-refractivity contribution < 1.29 is 15.3 Å². The lowest BCUT2D eigenvalue weighted by Gasteiger charge is -2.20. The van der Waals surface area contributed by atoms with Crippen molar-refractivity contribution in [2.75, 3.05) is 6.61 Å². The predicted molar refractivity (Wildman–Crippen MR) is 104 cm³/mol. The Hall–Kier alpha value is -1.36. The highest BCUT2D eigenvalue weighted by atomic mass is 79.9. The number of halogens is 1. The molecule has 1 aromatic carbocycles. The second-order valence-corrected chi connectivity index (χ2v) is 7.19. The molecule has 132 valence electrons. The van der Waals surface area contributed by atoms with Crippen LogP contribution in [0.15, 0.2) is 52.0 Å². The van der Waals surface area contributed by atoms with Crippen LogP contribution in [0.25, 0.3) is 6.08 Å². The molecule has 0 saturated carbocycles. The number of aromatic hydroxyl groups is 1. The summed E-state index contributed by atoms with van der Waals surface area (Å²) in [5, 5.41) is 29.5. The number of aliphatic hydroxyl groups is 2. The zero-order valence-electron chi connectivity index (χ0n) is 14.6. The van der Waals surface area contributed by atoms with Crippen LogP contribution in [0.1, 0.15) is 39.2 Å². The van der Waals surface area contributed by atoms with Gasteiger partial charge >= 0.3 is 0 Å². The molecule has 0 spiro atoms. The lowest BCUT2D eigenvalue weighted by Crippen LogP contribution is -2.15. The first-order chi connectivity index (χ1) is 11.3. The maximum absolute atomic E-state index is 10.4. The molecular formula is C20H27BrO3. The Morgan fingerprint density at radius 3 is 2.58 bits per heavy atom. The van der Waals surface area contributed by atoms with Gasteiger partial charge in [-0.3, -0.25) is 0 Å². The van der Waals surface area contributed by atoms with Crippen molar-refractivity contribution in [3.05, 3.63) is 57.6 Å². The summed E-state index contributed by atoms with van der Waals surface area (Å²) in [4.78, 5) is 0. The van der Waals surface area contributed by atoms with E-state index in [1.165, 1.54) is 0 Å². The van der Waals surface area contributed by atoms with Crippen LogP contribution in [0.4, 0.5) is 0 Å².